The molecule has 7 heteroatoms. The maximum atomic E-state index is 12.1. The summed E-state index contributed by atoms with van der Waals surface area (Å²) in [5, 5.41) is 2.89. The van der Waals surface area contributed by atoms with Crippen LogP contribution in [0.15, 0.2) is 0 Å². The third-order valence-corrected chi connectivity index (χ3v) is 3.40. The average molecular weight is 287 g/mol. The highest BCUT2D eigenvalue weighted by Crippen LogP contribution is 2.12. The largest absolute Gasteiger partial charge is 0.385 e. The van der Waals surface area contributed by atoms with E-state index in [9.17, 15) is 9.59 Å². The summed E-state index contributed by atoms with van der Waals surface area (Å²) in [6.07, 6.45) is 2.02. The van der Waals surface area contributed by atoms with Gasteiger partial charge in [0, 0.05) is 40.0 Å². The number of hydrogen-bond acceptors (Lipinski definition) is 5. The molecule has 0 saturated carbocycles. The standard InChI is InChI=1S/C13H25N3O4/c1-19-8-5-11(14)13(18)16-6-3-10(4-7-16)15-12(17)9-20-2/h10-11H,3-9,14H2,1-2H3,(H,15,17). The summed E-state index contributed by atoms with van der Waals surface area (Å²) in [7, 11) is 3.08. The highest BCUT2D eigenvalue weighted by molar-refractivity contribution is 5.81. The van der Waals surface area contributed by atoms with Gasteiger partial charge in [-0.2, -0.15) is 0 Å². The third kappa shape index (κ3) is 5.44. The van der Waals surface area contributed by atoms with E-state index in [1.165, 1.54) is 7.11 Å². The molecule has 20 heavy (non-hydrogen) atoms. The maximum Gasteiger partial charge on any atom is 0.246 e. The molecule has 0 radical (unpaired) electrons. The van der Waals surface area contributed by atoms with Crippen LogP contribution in [0, 0.1) is 0 Å². The van der Waals surface area contributed by atoms with E-state index in [1.807, 2.05) is 0 Å². The summed E-state index contributed by atoms with van der Waals surface area (Å²) in [5.74, 6) is -0.155. The minimum absolute atomic E-state index is 0.0382. The molecule has 2 amide bonds. The quantitative estimate of drug-likeness (QED) is 0.633. The zero-order chi connectivity index (χ0) is 15.0. The number of ether oxygens (including phenoxy) is 2. The molecule has 3 N–H and O–H groups in total. The minimum atomic E-state index is -0.505. The van der Waals surface area contributed by atoms with Crippen LogP contribution in [-0.4, -0.2) is 69.3 Å². The number of rotatable bonds is 7. The minimum Gasteiger partial charge on any atom is -0.385 e. The Morgan fingerprint density at radius 3 is 2.50 bits per heavy atom. The Bertz CT molecular complexity index is 317. The number of piperidine rings is 1. The van der Waals surface area contributed by atoms with Gasteiger partial charge < -0.3 is 25.4 Å². The second-order valence-electron chi connectivity index (χ2n) is 4.99. The summed E-state index contributed by atoms with van der Waals surface area (Å²) < 4.78 is 9.69. The Kier molecular flexibility index (Phi) is 7.50. The molecule has 0 bridgehead atoms. The van der Waals surface area contributed by atoms with Crippen LogP contribution in [0.3, 0.4) is 0 Å². The van der Waals surface area contributed by atoms with Crippen LogP contribution < -0.4 is 11.1 Å². The first-order chi connectivity index (χ1) is 9.58. The van der Waals surface area contributed by atoms with Crippen LogP contribution in [-0.2, 0) is 19.1 Å². The van der Waals surface area contributed by atoms with Gasteiger partial charge in [-0.15, -0.1) is 0 Å². The summed E-state index contributed by atoms with van der Waals surface area (Å²) in [6, 6.07) is -0.397. The fourth-order valence-corrected chi connectivity index (χ4v) is 2.25. The predicted molar refractivity (Wildman–Crippen MR) is 74.1 cm³/mol. The lowest BCUT2D eigenvalue weighted by atomic mass is 10.0. The molecular formula is C13H25N3O4. The van der Waals surface area contributed by atoms with Crippen LogP contribution in [0.4, 0.5) is 0 Å². The Morgan fingerprint density at radius 1 is 1.30 bits per heavy atom. The fraction of sp³-hybridized carbons (Fsp3) is 0.846. The molecule has 1 aliphatic rings. The van der Waals surface area contributed by atoms with Gasteiger partial charge in [-0.3, -0.25) is 9.59 Å². The topological polar surface area (TPSA) is 93.9 Å². The number of amides is 2. The zero-order valence-corrected chi connectivity index (χ0v) is 12.3. The lowest BCUT2D eigenvalue weighted by Crippen LogP contribution is -2.51. The Labute approximate surface area is 119 Å². The normalized spacial score (nSPS) is 17.9. The van der Waals surface area contributed by atoms with Crippen LogP contribution in [0.1, 0.15) is 19.3 Å². The summed E-state index contributed by atoms with van der Waals surface area (Å²) in [6.45, 7) is 1.80. The second-order valence-corrected chi connectivity index (χ2v) is 4.99. The van der Waals surface area contributed by atoms with Crippen molar-refractivity contribution >= 4 is 11.8 Å². The van der Waals surface area contributed by atoms with E-state index in [0.717, 1.165) is 12.8 Å². The Morgan fingerprint density at radius 2 is 1.95 bits per heavy atom. The van der Waals surface area contributed by atoms with E-state index in [2.05, 4.69) is 5.32 Å². The van der Waals surface area contributed by atoms with Crippen LogP contribution in [0.25, 0.3) is 0 Å². The molecule has 0 aromatic rings. The number of methoxy groups -OCH3 is 2. The molecule has 0 spiro atoms. The van der Waals surface area contributed by atoms with Crippen LogP contribution in [0.5, 0.6) is 0 Å². The van der Waals surface area contributed by atoms with Crippen molar-refractivity contribution in [1.29, 1.82) is 0 Å². The molecule has 0 aromatic heterocycles. The molecule has 7 nitrogen and oxygen atoms in total. The molecule has 1 fully saturated rings. The van der Waals surface area contributed by atoms with E-state index in [0.29, 0.717) is 26.1 Å². The van der Waals surface area contributed by atoms with E-state index >= 15 is 0 Å². The van der Waals surface area contributed by atoms with E-state index in [-0.39, 0.29) is 24.5 Å². The number of likely N-dealkylation sites (tertiary alicyclic amines) is 1. The number of nitrogens with one attached hydrogen (secondary N) is 1. The van der Waals surface area contributed by atoms with Crippen molar-refractivity contribution in [3.05, 3.63) is 0 Å². The van der Waals surface area contributed by atoms with Gasteiger partial charge in [-0.05, 0) is 19.3 Å². The fourth-order valence-electron chi connectivity index (χ4n) is 2.25. The molecule has 1 atom stereocenters. The van der Waals surface area contributed by atoms with Crippen LogP contribution in [0.2, 0.25) is 0 Å². The molecule has 1 saturated heterocycles. The number of hydrogen-bond donors (Lipinski definition) is 2. The number of carbonyl (C=O) groups excluding carboxylic acids is 2. The van der Waals surface area contributed by atoms with Crippen molar-refractivity contribution in [1.82, 2.24) is 10.2 Å². The van der Waals surface area contributed by atoms with E-state index < -0.39 is 6.04 Å². The van der Waals surface area contributed by atoms with E-state index in [4.69, 9.17) is 15.2 Å². The van der Waals surface area contributed by atoms with Gasteiger partial charge in [0.2, 0.25) is 11.8 Å². The molecule has 1 aliphatic heterocycles. The first-order valence-corrected chi connectivity index (χ1v) is 6.90. The molecule has 0 aliphatic carbocycles. The first kappa shape index (κ1) is 16.9. The SMILES string of the molecule is COCCC(N)C(=O)N1CCC(NC(=O)COC)CC1. The third-order valence-electron chi connectivity index (χ3n) is 3.40. The van der Waals surface area contributed by atoms with Gasteiger partial charge in [0.15, 0.2) is 0 Å². The zero-order valence-electron chi connectivity index (χ0n) is 12.3. The van der Waals surface area contributed by atoms with Gasteiger partial charge in [-0.1, -0.05) is 0 Å². The molecule has 1 rings (SSSR count). The van der Waals surface area contributed by atoms with Crippen molar-refractivity contribution in [2.75, 3.05) is 40.5 Å². The molecule has 1 unspecified atom stereocenters. The first-order valence-electron chi connectivity index (χ1n) is 6.90. The van der Waals surface area contributed by atoms with Crippen molar-refractivity contribution in [3.63, 3.8) is 0 Å². The highest BCUT2D eigenvalue weighted by atomic mass is 16.5. The van der Waals surface area contributed by atoms with Gasteiger partial charge in [-0.25, -0.2) is 0 Å². The van der Waals surface area contributed by atoms with Gasteiger partial charge in [0.1, 0.15) is 6.61 Å². The number of carbonyl (C=O) groups is 2. The van der Waals surface area contributed by atoms with Crippen LogP contribution >= 0.6 is 0 Å². The molecular weight excluding hydrogens is 262 g/mol. The summed E-state index contributed by atoms with van der Waals surface area (Å²) in [5.41, 5.74) is 5.83. The number of nitrogens with zero attached hydrogens (tertiary/aromatic N) is 1. The van der Waals surface area contributed by atoms with Gasteiger partial charge >= 0.3 is 0 Å². The van der Waals surface area contributed by atoms with Crippen molar-refractivity contribution in [2.45, 2.75) is 31.3 Å². The Hall–Kier alpha value is -1.18. The maximum absolute atomic E-state index is 12.1. The average Bonchev–Trinajstić information content (AvgIpc) is 2.45. The molecule has 1 heterocycles. The summed E-state index contributed by atoms with van der Waals surface area (Å²) in [4.78, 5) is 25.2. The lowest BCUT2D eigenvalue weighted by Gasteiger charge is -2.33. The number of nitrogens with two attached hydrogens (primary N) is 1. The van der Waals surface area contributed by atoms with Crippen molar-refractivity contribution in [3.8, 4) is 0 Å². The van der Waals surface area contributed by atoms with Crippen molar-refractivity contribution in [2.24, 2.45) is 5.73 Å². The lowest BCUT2D eigenvalue weighted by molar-refractivity contribution is -0.134. The molecule has 0 aromatic carbocycles. The monoisotopic (exact) mass is 287 g/mol. The van der Waals surface area contributed by atoms with Gasteiger partial charge in [0.05, 0.1) is 6.04 Å². The predicted octanol–water partition coefficient (Wildman–Crippen LogP) is -0.896. The Balaban J connectivity index is 2.30. The van der Waals surface area contributed by atoms with Crippen molar-refractivity contribution < 1.29 is 19.1 Å². The smallest absolute Gasteiger partial charge is 0.246 e. The second kappa shape index (κ2) is 8.89. The summed E-state index contributed by atoms with van der Waals surface area (Å²) >= 11 is 0. The molecule has 116 valence electrons. The van der Waals surface area contributed by atoms with E-state index in [1.54, 1.807) is 12.0 Å². The van der Waals surface area contributed by atoms with Gasteiger partial charge in [0.25, 0.3) is 0 Å². The highest BCUT2D eigenvalue weighted by Gasteiger charge is 2.26.